The van der Waals surface area contributed by atoms with Gasteiger partial charge in [0.05, 0.1) is 17.2 Å². The van der Waals surface area contributed by atoms with Crippen LogP contribution in [0.2, 0.25) is 0 Å². The summed E-state index contributed by atoms with van der Waals surface area (Å²) in [5.74, 6) is 0.902. The Kier molecular flexibility index (Phi) is 8.30. The Balaban J connectivity index is 1.65. The Bertz CT molecular complexity index is 1270. The lowest BCUT2D eigenvalue weighted by atomic mass is 10.0. The van der Waals surface area contributed by atoms with Crippen molar-refractivity contribution in [1.82, 2.24) is 0 Å². The maximum atomic E-state index is 13.0. The van der Waals surface area contributed by atoms with E-state index in [1.807, 2.05) is 49.4 Å². The number of hydrogen-bond donors (Lipinski definition) is 0. The van der Waals surface area contributed by atoms with Gasteiger partial charge in [-0.25, -0.2) is 4.90 Å². The van der Waals surface area contributed by atoms with Crippen molar-refractivity contribution in [2.24, 2.45) is 0 Å². The number of imide groups is 1. The minimum atomic E-state index is -0.339. The molecule has 0 spiro atoms. The van der Waals surface area contributed by atoms with E-state index in [0.29, 0.717) is 41.7 Å². The number of ether oxygens (including phenoxy) is 2. The van der Waals surface area contributed by atoms with Crippen LogP contribution in [0, 0.1) is 3.57 Å². The predicted octanol–water partition coefficient (Wildman–Crippen LogP) is 7.24. The molecule has 0 bridgehead atoms. The van der Waals surface area contributed by atoms with Gasteiger partial charge in [0.1, 0.15) is 6.61 Å². The number of para-hydroxylation sites is 1. The van der Waals surface area contributed by atoms with E-state index in [1.165, 1.54) is 4.90 Å². The monoisotopic (exact) mass is 597 g/mol. The lowest BCUT2D eigenvalue weighted by Crippen LogP contribution is -2.27. The van der Waals surface area contributed by atoms with Crippen molar-refractivity contribution in [2.75, 3.05) is 11.5 Å². The van der Waals surface area contributed by atoms with Gasteiger partial charge in [0.25, 0.3) is 11.1 Å². The average molecular weight is 597 g/mol. The van der Waals surface area contributed by atoms with E-state index >= 15 is 0 Å². The smallest absolute Gasteiger partial charge is 0.298 e. The molecule has 1 heterocycles. The molecule has 35 heavy (non-hydrogen) atoms. The molecule has 1 saturated heterocycles. The third-order valence-electron chi connectivity index (χ3n) is 5.22. The Hall–Kier alpha value is -3.04. The summed E-state index contributed by atoms with van der Waals surface area (Å²) in [6.45, 7) is 6.65. The molecule has 178 valence electrons. The van der Waals surface area contributed by atoms with E-state index in [4.69, 9.17) is 9.47 Å². The summed E-state index contributed by atoms with van der Waals surface area (Å²) in [6, 6.07) is 20.9. The minimum Gasteiger partial charge on any atom is -0.490 e. The fraction of sp³-hybridized carbons (Fsp3) is 0.143. The molecule has 2 amide bonds. The molecule has 7 heteroatoms. The van der Waals surface area contributed by atoms with Crippen molar-refractivity contribution >= 4 is 57.3 Å². The van der Waals surface area contributed by atoms with E-state index in [-0.39, 0.29) is 11.1 Å². The molecule has 0 aromatic heterocycles. The second-order valence-corrected chi connectivity index (χ2v) is 9.94. The van der Waals surface area contributed by atoms with Gasteiger partial charge in [-0.2, -0.15) is 0 Å². The highest BCUT2D eigenvalue weighted by molar-refractivity contribution is 14.1. The molecule has 1 aliphatic rings. The zero-order chi connectivity index (χ0) is 24.8. The van der Waals surface area contributed by atoms with Crippen molar-refractivity contribution < 1.29 is 19.1 Å². The number of rotatable bonds is 9. The molecule has 0 radical (unpaired) electrons. The normalized spacial score (nSPS) is 14.5. The number of amides is 2. The van der Waals surface area contributed by atoms with E-state index in [0.717, 1.165) is 32.0 Å². The summed E-state index contributed by atoms with van der Waals surface area (Å²) in [4.78, 5) is 27.2. The van der Waals surface area contributed by atoms with Gasteiger partial charge in [0.2, 0.25) is 0 Å². The summed E-state index contributed by atoms with van der Waals surface area (Å²) in [7, 11) is 0. The van der Waals surface area contributed by atoms with Gasteiger partial charge in [0.15, 0.2) is 11.5 Å². The summed E-state index contributed by atoms with van der Waals surface area (Å²) in [5, 5.41) is -0.318. The summed E-state index contributed by atoms with van der Waals surface area (Å²) >= 11 is 3.20. The molecule has 0 unspecified atom stereocenters. The summed E-state index contributed by atoms with van der Waals surface area (Å²) in [5.41, 5.74) is 3.26. The van der Waals surface area contributed by atoms with Crippen LogP contribution < -0.4 is 14.4 Å². The lowest BCUT2D eigenvalue weighted by molar-refractivity contribution is -0.113. The van der Waals surface area contributed by atoms with Crippen molar-refractivity contribution in [3.63, 3.8) is 0 Å². The van der Waals surface area contributed by atoms with Gasteiger partial charge in [-0.05, 0) is 101 Å². The van der Waals surface area contributed by atoms with Crippen LogP contribution in [-0.4, -0.2) is 17.8 Å². The number of thioether (sulfide) groups is 1. The Morgan fingerprint density at radius 1 is 1.03 bits per heavy atom. The zero-order valence-electron chi connectivity index (χ0n) is 19.2. The van der Waals surface area contributed by atoms with E-state index in [2.05, 4.69) is 29.2 Å². The third kappa shape index (κ3) is 5.97. The van der Waals surface area contributed by atoms with Crippen LogP contribution >= 0.6 is 34.4 Å². The SMILES string of the molecule is C=CCc1cc(/C=C2\SC(=O)N(c3ccccc3)C2=O)cc(OCC)c1OCc1ccc(I)cc1. The fourth-order valence-corrected chi connectivity index (χ4v) is 4.86. The quantitative estimate of drug-likeness (QED) is 0.148. The van der Waals surface area contributed by atoms with Gasteiger partial charge in [-0.1, -0.05) is 36.4 Å². The van der Waals surface area contributed by atoms with Crippen molar-refractivity contribution in [3.8, 4) is 11.5 Å². The number of halogens is 1. The topological polar surface area (TPSA) is 55.8 Å². The van der Waals surface area contributed by atoms with Crippen LogP contribution in [0.1, 0.15) is 23.6 Å². The number of allylic oxidation sites excluding steroid dienone is 1. The van der Waals surface area contributed by atoms with Crippen molar-refractivity contribution in [3.05, 3.63) is 105 Å². The highest BCUT2D eigenvalue weighted by Gasteiger charge is 2.36. The second-order valence-electron chi connectivity index (χ2n) is 7.70. The first-order valence-electron chi connectivity index (χ1n) is 11.1. The molecule has 4 rings (SSSR count). The highest BCUT2D eigenvalue weighted by atomic mass is 127. The van der Waals surface area contributed by atoms with Crippen LogP contribution in [0.3, 0.4) is 0 Å². The standard InChI is InChI=1S/C28H24INO4S/c1-3-8-21-15-20(17-25-27(31)30(28(32)35-25)23-9-6-5-7-10-23)16-24(33-4-2)26(21)34-18-19-11-13-22(29)14-12-19/h3,5-7,9-17H,1,4,8,18H2,2H3/b25-17-. The molecule has 0 saturated carbocycles. The lowest BCUT2D eigenvalue weighted by Gasteiger charge is -2.17. The molecular formula is C28H24INO4S. The first-order valence-corrected chi connectivity index (χ1v) is 13.0. The fourth-order valence-electron chi connectivity index (χ4n) is 3.66. The van der Waals surface area contributed by atoms with Crippen molar-refractivity contribution in [2.45, 2.75) is 20.0 Å². The maximum absolute atomic E-state index is 13.0. The molecule has 1 aliphatic heterocycles. The number of hydrogen-bond acceptors (Lipinski definition) is 5. The Morgan fingerprint density at radius 3 is 2.46 bits per heavy atom. The first kappa shape index (κ1) is 25.1. The molecular weight excluding hydrogens is 573 g/mol. The van der Waals surface area contributed by atoms with Crippen LogP contribution in [-0.2, 0) is 17.8 Å². The zero-order valence-corrected chi connectivity index (χ0v) is 22.2. The first-order chi connectivity index (χ1) is 17.0. The van der Waals surface area contributed by atoms with Crippen LogP contribution in [0.25, 0.3) is 6.08 Å². The maximum Gasteiger partial charge on any atom is 0.298 e. The van der Waals surface area contributed by atoms with Crippen LogP contribution in [0.5, 0.6) is 11.5 Å². The third-order valence-corrected chi connectivity index (χ3v) is 6.81. The van der Waals surface area contributed by atoms with Crippen LogP contribution in [0.15, 0.2) is 84.3 Å². The number of carbonyl (C=O) groups is 2. The predicted molar refractivity (Wildman–Crippen MR) is 150 cm³/mol. The molecule has 3 aromatic carbocycles. The second kappa shape index (κ2) is 11.6. The van der Waals surface area contributed by atoms with E-state index in [1.54, 1.807) is 36.4 Å². The number of benzene rings is 3. The van der Waals surface area contributed by atoms with Gasteiger partial charge in [-0.15, -0.1) is 6.58 Å². The number of anilines is 1. The molecule has 3 aromatic rings. The highest BCUT2D eigenvalue weighted by Crippen LogP contribution is 2.39. The molecule has 0 N–H and O–H groups in total. The van der Waals surface area contributed by atoms with E-state index < -0.39 is 0 Å². The summed E-state index contributed by atoms with van der Waals surface area (Å²) in [6.07, 6.45) is 4.09. The van der Waals surface area contributed by atoms with E-state index in [9.17, 15) is 9.59 Å². The molecule has 5 nitrogen and oxygen atoms in total. The largest absolute Gasteiger partial charge is 0.490 e. The molecule has 0 aliphatic carbocycles. The van der Waals surface area contributed by atoms with Gasteiger partial charge in [-0.3, -0.25) is 9.59 Å². The van der Waals surface area contributed by atoms with Crippen molar-refractivity contribution in [1.29, 1.82) is 0 Å². The van der Waals surface area contributed by atoms with Gasteiger partial charge in [0, 0.05) is 9.13 Å². The average Bonchev–Trinajstić information content (AvgIpc) is 3.13. The van der Waals surface area contributed by atoms with Gasteiger partial charge < -0.3 is 9.47 Å². The molecule has 1 fully saturated rings. The van der Waals surface area contributed by atoms with Gasteiger partial charge >= 0.3 is 0 Å². The van der Waals surface area contributed by atoms with Crippen LogP contribution in [0.4, 0.5) is 10.5 Å². The summed E-state index contributed by atoms with van der Waals surface area (Å²) < 4.78 is 13.3. The Morgan fingerprint density at radius 2 is 1.77 bits per heavy atom. The minimum absolute atomic E-state index is 0.318. The number of carbonyl (C=O) groups excluding carboxylic acids is 2. The molecule has 0 atom stereocenters. The number of nitrogens with zero attached hydrogens (tertiary/aromatic N) is 1. The Labute approximate surface area is 223 Å².